The summed E-state index contributed by atoms with van der Waals surface area (Å²) in [6, 6.07) is 0.675. The van der Waals surface area contributed by atoms with Gasteiger partial charge in [-0.15, -0.1) is 0 Å². The van der Waals surface area contributed by atoms with E-state index < -0.39 is 9.84 Å². The summed E-state index contributed by atoms with van der Waals surface area (Å²) in [5.74, 6) is 1.000. The van der Waals surface area contributed by atoms with Gasteiger partial charge in [-0.25, -0.2) is 8.42 Å². The molecule has 0 spiro atoms. The lowest BCUT2D eigenvalue weighted by atomic mass is 9.84. The van der Waals surface area contributed by atoms with E-state index in [1.807, 2.05) is 0 Å². The number of nitrogens with one attached hydrogen (secondary N) is 1. The monoisotopic (exact) mass is 247 g/mol. The first-order valence-electron chi connectivity index (χ1n) is 6.42. The first-order chi connectivity index (χ1) is 7.51. The van der Waals surface area contributed by atoms with E-state index in [1.165, 1.54) is 38.4 Å². The van der Waals surface area contributed by atoms with Gasteiger partial charge in [0.1, 0.15) is 9.84 Å². The van der Waals surface area contributed by atoms with Gasteiger partial charge in [0.25, 0.3) is 0 Å². The Morgan fingerprint density at radius 1 is 1.19 bits per heavy atom. The van der Waals surface area contributed by atoms with Crippen LogP contribution in [-0.4, -0.2) is 33.0 Å². The summed E-state index contributed by atoms with van der Waals surface area (Å²) < 4.78 is 22.1. The van der Waals surface area contributed by atoms with Gasteiger partial charge in [-0.1, -0.05) is 6.92 Å². The van der Waals surface area contributed by atoms with Gasteiger partial charge in [-0.05, 0) is 51.0 Å². The predicted octanol–water partition coefficient (Wildman–Crippen LogP) is 1.98. The van der Waals surface area contributed by atoms with Gasteiger partial charge in [0.2, 0.25) is 0 Å². The molecule has 96 valence electrons. The fraction of sp³-hybridized carbons (Fsp3) is 1.00. The van der Waals surface area contributed by atoms with Crippen molar-refractivity contribution >= 4 is 9.84 Å². The van der Waals surface area contributed by atoms with Crippen LogP contribution >= 0.6 is 0 Å². The number of sulfone groups is 1. The zero-order valence-corrected chi connectivity index (χ0v) is 11.4. The molecule has 1 N–H and O–H groups in total. The smallest absolute Gasteiger partial charge is 0.147 e. The van der Waals surface area contributed by atoms with E-state index in [1.54, 1.807) is 0 Å². The first-order valence-corrected chi connectivity index (χ1v) is 8.48. The molecule has 3 nitrogen and oxygen atoms in total. The van der Waals surface area contributed by atoms with Crippen LogP contribution in [0.15, 0.2) is 0 Å². The lowest BCUT2D eigenvalue weighted by Crippen LogP contribution is -2.33. The van der Waals surface area contributed by atoms with E-state index in [-0.39, 0.29) is 0 Å². The summed E-state index contributed by atoms with van der Waals surface area (Å²) in [7, 11) is -2.77. The highest BCUT2D eigenvalue weighted by Crippen LogP contribution is 2.27. The van der Waals surface area contributed by atoms with Crippen LogP contribution in [-0.2, 0) is 9.84 Å². The van der Waals surface area contributed by atoms with Crippen LogP contribution in [0.2, 0.25) is 0 Å². The Balaban J connectivity index is 2.17. The lowest BCUT2D eigenvalue weighted by Gasteiger charge is -2.29. The highest BCUT2D eigenvalue weighted by Gasteiger charge is 2.21. The Labute approximate surface area is 99.9 Å². The highest BCUT2D eigenvalue weighted by molar-refractivity contribution is 7.90. The molecule has 0 atom stereocenters. The minimum absolute atomic E-state index is 0.366. The maximum atomic E-state index is 11.1. The summed E-state index contributed by atoms with van der Waals surface area (Å²) in [6.07, 6.45) is 8.20. The fourth-order valence-corrected chi connectivity index (χ4v) is 3.15. The molecule has 16 heavy (non-hydrogen) atoms. The number of rotatable bonds is 6. The Morgan fingerprint density at radius 3 is 2.31 bits per heavy atom. The Bertz CT molecular complexity index is 279. The van der Waals surface area contributed by atoms with Gasteiger partial charge in [0.15, 0.2) is 0 Å². The highest BCUT2D eigenvalue weighted by atomic mass is 32.2. The molecule has 0 aromatic carbocycles. The van der Waals surface area contributed by atoms with Crippen LogP contribution in [0.25, 0.3) is 0 Å². The molecule has 0 unspecified atom stereocenters. The lowest BCUT2D eigenvalue weighted by molar-refractivity contribution is 0.287. The SMILES string of the molecule is CCCNC1CCC(CCS(C)(=O)=O)CC1. The molecule has 1 rings (SSSR count). The third-order valence-corrected chi connectivity index (χ3v) is 4.40. The summed E-state index contributed by atoms with van der Waals surface area (Å²) >= 11 is 0. The van der Waals surface area contributed by atoms with Crippen molar-refractivity contribution < 1.29 is 8.42 Å². The molecule has 0 aromatic heterocycles. The molecule has 0 aromatic rings. The van der Waals surface area contributed by atoms with Gasteiger partial charge >= 0.3 is 0 Å². The molecule has 1 fully saturated rings. The van der Waals surface area contributed by atoms with Crippen molar-refractivity contribution in [3.63, 3.8) is 0 Å². The van der Waals surface area contributed by atoms with Gasteiger partial charge in [-0.2, -0.15) is 0 Å². The fourth-order valence-electron chi connectivity index (χ4n) is 2.38. The predicted molar refractivity (Wildman–Crippen MR) is 68.4 cm³/mol. The Kier molecular flexibility index (Phi) is 5.76. The minimum Gasteiger partial charge on any atom is -0.314 e. The van der Waals surface area contributed by atoms with Crippen molar-refractivity contribution in [2.24, 2.45) is 5.92 Å². The average molecular weight is 247 g/mol. The van der Waals surface area contributed by atoms with E-state index in [4.69, 9.17) is 0 Å². The summed E-state index contributed by atoms with van der Waals surface area (Å²) in [6.45, 7) is 3.30. The van der Waals surface area contributed by atoms with Crippen molar-refractivity contribution in [2.45, 2.75) is 51.5 Å². The molecule has 0 heterocycles. The molecular weight excluding hydrogens is 222 g/mol. The molecule has 1 saturated carbocycles. The zero-order valence-electron chi connectivity index (χ0n) is 10.5. The van der Waals surface area contributed by atoms with Gasteiger partial charge in [-0.3, -0.25) is 0 Å². The molecule has 0 amide bonds. The van der Waals surface area contributed by atoms with Crippen molar-refractivity contribution in [2.75, 3.05) is 18.6 Å². The minimum atomic E-state index is -2.77. The van der Waals surface area contributed by atoms with E-state index in [2.05, 4.69) is 12.2 Å². The average Bonchev–Trinajstić information content (AvgIpc) is 2.24. The van der Waals surface area contributed by atoms with Crippen LogP contribution < -0.4 is 5.32 Å². The quantitative estimate of drug-likeness (QED) is 0.780. The number of hydrogen-bond donors (Lipinski definition) is 1. The largest absolute Gasteiger partial charge is 0.314 e. The second kappa shape index (κ2) is 6.60. The first kappa shape index (κ1) is 14.0. The molecule has 4 heteroatoms. The second-order valence-corrected chi connectivity index (χ2v) is 7.35. The molecule has 0 bridgehead atoms. The van der Waals surface area contributed by atoms with Gasteiger partial charge in [0, 0.05) is 12.3 Å². The van der Waals surface area contributed by atoms with Gasteiger partial charge in [0.05, 0.1) is 5.75 Å². The van der Waals surface area contributed by atoms with Crippen molar-refractivity contribution in [3.8, 4) is 0 Å². The molecule has 0 aliphatic heterocycles. The summed E-state index contributed by atoms with van der Waals surface area (Å²) in [5, 5.41) is 3.55. The van der Waals surface area contributed by atoms with E-state index >= 15 is 0 Å². The van der Waals surface area contributed by atoms with Crippen LogP contribution in [0.4, 0.5) is 0 Å². The Hall–Kier alpha value is -0.0900. The maximum Gasteiger partial charge on any atom is 0.147 e. The molecule has 0 radical (unpaired) electrons. The maximum absolute atomic E-state index is 11.1. The standard InChI is InChI=1S/C12H25NO2S/c1-3-9-13-12-6-4-11(5-7-12)8-10-16(2,14)15/h11-13H,3-10H2,1-2H3. The summed E-state index contributed by atoms with van der Waals surface area (Å²) in [5.41, 5.74) is 0. The van der Waals surface area contributed by atoms with Crippen molar-refractivity contribution in [1.29, 1.82) is 0 Å². The molecule has 1 aliphatic rings. The van der Waals surface area contributed by atoms with Crippen molar-refractivity contribution in [1.82, 2.24) is 5.32 Å². The van der Waals surface area contributed by atoms with Crippen LogP contribution in [0, 0.1) is 5.92 Å². The topological polar surface area (TPSA) is 46.2 Å². The molecule has 0 saturated heterocycles. The van der Waals surface area contributed by atoms with Crippen LogP contribution in [0.5, 0.6) is 0 Å². The van der Waals surface area contributed by atoms with E-state index in [0.717, 1.165) is 13.0 Å². The molecule has 1 aliphatic carbocycles. The van der Waals surface area contributed by atoms with Crippen LogP contribution in [0.3, 0.4) is 0 Å². The number of hydrogen-bond acceptors (Lipinski definition) is 3. The van der Waals surface area contributed by atoms with E-state index in [0.29, 0.717) is 17.7 Å². The van der Waals surface area contributed by atoms with Crippen LogP contribution in [0.1, 0.15) is 45.4 Å². The van der Waals surface area contributed by atoms with Crippen molar-refractivity contribution in [3.05, 3.63) is 0 Å². The zero-order chi connectivity index (χ0) is 12.0. The third kappa shape index (κ3) is 5.85. The normalized spacial score (nSPS) is 26.9. The molecular formula is C12H25NO2S. The van der Waals surface area contributed by atoms with Gasteiger partial charge < -0.3 is 5.32 Å². The Morgan fingerprint density at radius 2 is 1.81 bits per heavy atom. The third-order valence-electron chi connectivity index (χ3n) is 3.43. The second-order valence-electron chi connectivity index (χ2n) is 5.09. The summed E-state index contributed by atoms with van der Waals surface area (Å²) in [4.78, 5) is 0. The van der Waals surface area contributed by atoms with E-state index in [9.17, 15) is 8.42 Å².